The Hall–Kier alpha value is -1.35. The zero-order chi connectivity index (χ0) is 17.2. The highest BCUT2D eigenvalue weighted by molar-refractivity contribution is 7.90. The monoisotopic (exact) mass is 387 g/mol. The van der Waals surface area contributed by atoms with Crippen molar-refractivity contribution in [1.82, 2.24) is 4.98 Å². The lowest BCUT2D eigenvalue weighted by atomic mass is 10.2. The zero-order valence-corrected chi connectivity index (χ0v) is 15.5. The molecule has 130 valence electrons. The topological polar surface area (TPSA) is 71.5 Å². The number of aromatic nitrogens is 1. The molecule has 0 bridgehead atoms. The minimum atomic E-state index is -3.32. The van der Waals surface area contributed by atoms with Crippen LogP contribution in [0.4, 0.5) is 11.4 Å². The molecule has 24 heavy (non-hydrogen) atoms. The molecule has 0 radical (unpaired) electrons. The third kappa shape index (κ3) is 4.18. The van der Waals surface area contributed by atoms with E-state index >= 15 is 0 Å². The lowest BCUT2D eigenvalue weighted by Crippen LogP contribution is -2.36. The summed E-state index contributed by atoms with van der Waals surface area (Å²) in [4.78, 5) is 7.41. The highest BCUT2D eigenvalue weighted by Gasteiger charge is 2.17. The molecule has 0 unspecified atom stereocenters. The van der Waals surface area contributed by atoms with E-state index in [1.807, 2.05) is 12.1 Å². The molecule has 1 aromatic carbocycles. The number of nitrogens with one attached hydrogen (secondary N) is 1. The molecule has 6 nitrogen and oxygen atoms in total. The Kier molecular flexibility index (Phi) is 5.29. The molecule has 9 heteroatoms. The Bertz CT molecular complexity index is 817. The van der Waals surface area contributed by atoms with Gasteiger partial charge in [0, 0.05) is 36.1 Å². The van der Waals surface area contributed by atoms with E-state index in [9.17, 15) is 8.42 Å². The average Bonchev–Trinajstić information content (AvgIpc) is 2.98. The Labute approximate surface area is 150 Å². The Morgan fingerprint density at radius 2 is 2.12 bits per heavy atom. The summed E-state index contributed by atoms with van der Waals surface area (Å²) in [6.45, 7) is 3.41. The van der Waals surface area contributed by atoms with E-state index < -0.39 is 9.84 Å². The lowest BCUT2D eigenvalue weighted by molar-refractivity contribution is 0.122. The van der Waals surface area contributed by atoms with Crippen molar-refractivity contribution < 1.29 is 13.2 Å². The van der Waals surface area contributed by atoms with Gasteiger partial charge in [0.2, 0.25) is 0 Å². The van der Waals surface area contributed by atoms with E-state index in [1.165, 1.54) is 17.6 Å². The molecule has 0 atom stereocenters. The van der Waals surface area contributed by atoms with Crippen molar-refractivity contribution in [2.24, 2.45) is 0 Å². The first-order valence-corrected chi connectivity index (χ1v) is 10.5. The summed E-state index contributed by atoms with van der Waals surface area (Å²) in [7, 11) is -3.32. The third-order valence-corrected chi connectivity index (χ3v) is 5.99. The number of anilines is 2. The van der Waals surface area contributed by atoms with Crippen LogP contribution in [-0.2, 0) is 21.1 Å². The van der Waals surface area contributed by atoms with Crippen LogP contribution in [0.2, 0.25) is 4.47 Å². The maximum Gasteiger partial charge on any atom is 0.183 e. The normalized spacial score (nSPS) is 15.5. The van der Waals surface area contributed by atoms with Gasteiger partial charge in [-0.3, -0.25) is 0 Å². The summed E-state index contributed by atoms with van der Waals surface area (Å²) < 4.78 is 29.9. The molecule has 2 aromatic rings. The highest BCUT2D eigenvalue weighted by Crippen LogP contribution is 2.29. The van der Waals surface area contributed by atoms with Crippen LogP contribution in [0.5, 0.6) is 0 Å². The van der Waals surface area contributed by atoms with Gasteiger partial charge in [-0.25, -0.2) is 13.4 Å². The molecule has 0 amide bonds. The van der Waals surface area contributed by atoms with Crippen LogP contribution >= 0.6 is 22.9 Å². The molecular weight excluding hydrogens is 370 g/mol. The number of ether oxygens (including phenoxy) is 1. The number of morpholine rings is 1. The molecule has 1 N–H and O–H groups in total. The van der Waals surface area contributed by atoms with Crippen LogP contribution in [-0.4, -0.2) is 46.0 Å². The van der Waals surface area contributed by atoms with Crippen molar-refractivity contribution in [2.45, 2.75) is 11.4 Å². The van der Waals surface area contributed by atoms with E-state index in [0.29, 0.717) is 29.9 Å². The summed E-state index contributed by atoms with van der Waals surface area (Å²) >= 11 is 7.21. The predicted octanol–water partition coefficient (Wildman–Crippen LogP) is 2.65. The van der Waals surface area contributed by atoms with Gasteiger partial charge in [-0.05, 0) is 18.2 Å². The van der Waals surface area contributed by atoms with Gasteiger partial charge < -0.3 is 15.0 Å². The van der Waals surface area contributed by atoms with E-state index in [0.717, 1.165) is 23.7 Å². The predicted molar refractivity (Wildman–Crippen MR) is 97.0 cm³/mol. The molecule has 1 aliphatic heterocycles. The third-order valence-electron chi connectivity index (χ3n) is 3.72. The van der Waals surface area contributed by atoms with Crippen LogP contribution in [0.25, 0.3) is 0 Å². The minimum absolute atomic E-state index is 0.287. The standard InChI is InChI=1S/C15H18ClN3O3S2/c1-24(20,21)14-3-2-11(19-4-6-22-7-5-19)8-13(14)17-9-12-10-18-15(16)23-12/h2-3,8,10,17H,4-7,9H2,1H3. The van der Waals surface area contributed by atoms with Crippen molar-refractivity contribution in [3.63, 3.8) is 0 Å². The zero-order valence-electron chi connectivity index (χ0n) is 13.2. The number of rotatable bonds is 5. The van der Waals surface area contributed by atoms with Crippen LogP contribution in [0.1, 0.15) is 4.88 Å². The molecule has 2 heterocycles. The fourth-order valence-electron chi connectivity index (χ4n) is 2.55. The number of thiazole rings is 1. The number of sulfone groups is 1. The van der Waals surface area contributed by atoms with Gasteiger partial charge in [0.05, 0.1) is 30.3 Å². The first-order valence-electron chi connectivity index (χ1n) is 7.44. The fraction of sp³-hybridized carbons (Fsp3) is 0.400. The average molecular weight is 388 g/mol. The van der Waals surface area contributed by atoms with E-state index in [2.05, 4.69) is 15.2 Å². The number of hydrogen-bond donors (Lipinski definition) is 1. The summed E-state index contributed by atoms with van der Waals surface area (Å²) in [6.07, 6.45) is 2.90. The smallest absolute Gasteiger partial charge is 0.183 e. The number of nitrogens with zero attached hydrogens (tertiary/aromatic N) is 2. The summed E-state index contributed by atoms with van der Waals surface area (Å²) in [5.41, 5.74) is 1.57. The largest absolute Gasteiger partial charge is 0.379 e. The minimum Gasteiger partial charge on any atom is -0.379 e. The second-order valence-corrected chi connectivity index (χ2v) is 9.17. The van der Waals surface area contributed by atoms with Crippen LogP contribution < -0.4 is 10.2 Å². The second kappa shape index (κ2) is 7.26. The van der Waals surface area contributed by atoms with Crippen LogP contribution in [0.3, 0.4) is 0 Å². The summed E-state index contributed by atoms with van der Waals surface area (Å²) in [5, 5.41) is 3.20. The van der Waals surface area contributed by atoms with Gasteiger partial charge in [-0.2, -0.15) is 0 Å². The van der Waals surface area contributed by atoms with Crippen molar-refractivity contribution in [1.29, 1.82) is 0 Å². The molecule has 1 fully saturated rings. The van der Waals surface area contributed by atoms with E-state index in [4.69, 9.17) is 16.3 Å². The maximum atomic E-state index is 12.1. The molecule has 3 rings (SSSR count). The van der Waals surface area contributed by atoms with Gasteiger partial charge in [0.15, 0.2) is 14.3 Å². The molecule has 0 saturated carbocycles. The Morgan fingerprint density at radius 3 is 2.75 bits per heavy atom. The van der Waals surface area contributed by atoms with E-state index in [1.54, 1.807) is 12.3 Å². The quantitative estimate of drug-likeness (QED) is 0.850. The van der Waals surface area contributed by atoms with Gasteiger partial charge in [-0.1, -0.05) is 11.6 Å². The Morgan fingerprint density at radius 1 is 1.38 bits per heavy atom. The molecule has 0 aliphatic carbocycles. The number of halogens is 1. The van der Waals surface area contributed by atoms with Crippen molar-refractivity contribution in [3.05, 3.63) is 33.7 Å². The molecular formula is C15H18ClN3O3S2. The van der Waals surface area contributed by atoms with Gasteiger partial charge in [0.1, 0.15) is 0 Å². The van der Waals surface area contributed by atoms with Crippen molar-refractivity contribution in [3.8, 4) is 0 Å². The molecule has 1 aliphatic rings. The van der Waals surface area contributed by atoms with Gasteiger partial charge in [-0.15, -0.1) is 11.3 Å². The summed E-state index contributed by atoms with van der Waals surface area (Å²) in [5.74, 6) is 0. The van der Waals surface area contributed by atoms with E-state index in [-0.39, 0.29) is 4.90 Å². The summed E-state index contributed by atoms with van der Waals surface area (Å²) in [6, 6.07) is 5.38. The second-order valence-electron chi connectivity index (χ2n) is 5.49. The van der Waals surface area contributed by atoms with Crippen LogP contribution in [0.15, 0.2) is 29.3 Å². The molecule has 0 spiro atoms. The SMILES string of the molecule is CS(=O)(=O)c1ccc(N2CCOCC2)cc1NCc1cnc(Cl)s1. The number of benzene rings is 1. The van der Waals surface area contributed by atoms with Gasteiger partial charge >= 0.3 is 0 Å². The Balaban J connectivity index is 1.87. The fourth-order valence-corrected chi connectivity index (χ4v) is 4.31. The number of hydrogen-bond acceptors (Lipinski definition) is 7. The molecule has 1 aromatic heterocycles. The van der Waals surface area contributed by atoms with Gasteiger partial charge in [0.25, 0.3) is 0 Å². The maximum absolute atomic E-state index is 12.1. The highest BCUT2D eigenvalue weighted by atomic mass is 35.5. The first-order chi connectivity index (χ1) is 11.4. The van der Waals surface area contributed by atoms with Crippen molar-refractivity contribution in [2.75, 3.05) is 42.8 Å². The van der Waals surface area contributed by atoms with Crippen molar-refractivity contribution >= 4 is 44.1 Å². The lowest BCUT2D eigenvalue weighted by Gasteiger charge is -2.29. The van der Waals surface area contributed by atoms with Crippen LogP contribution in [0, 0.1) is 0 Å². The molecule has 1 saturated heterocycles. The first kappa shape index (κ1) is 17.5.